The van der Waals surface area contributed by atoms with Crippen molar-refractivity contribution in [3.05, 3.63) is 28.0 Å². The molecule has 6 nitrogen and oxygen atoms in total. The summed E-state index contributed by atoms with van der Waals surface area (Å²) in [6, 6.07) is 3.09. The molecule has 1 aliphatic heterocycles. The molecule has 1 aromatic heterocycles. The van der Waals surface area contributed by atoms with Crippen molar-refractivity contribution in [2.24, 2.45) is 0 Å². The van der Waals surface area contributed by atoms with Gasteiger partial charge >= 0.3 is 5.97 Å². The van der Waals surface area contributed by atoms with Crippen molar-refractivity contribution in [2.75, 3.05) is 39.3 Å². The number of likely N-dealkylation sites (tertiary alicyclic amines) is 1. The van der Waals surface area contributed by atoms with Gasteiger partial charge in [0.1, 0.15) is 10.8 Å². The van der Waals surface area contributed by atoms with Gasteiger partial charge in [0.05, 0.1) is 37.8 Å². The highest BCUT2D eigenvalue weighted by Crippen LogP contribution is 2.19. The monoisotopic (exact) mass is 416 g/mol. The molecule has 0 spiro atoms. The Morgan fingerprint density at radius 2 is 1.96 bits per heavy atom. The predicted molar refractivity (Wildman–Crippen MR) is 106 cm³/mol. The first-order chi connectivity index (χ1) is 13.0. The fourth-order valence-corrected chi connectivity index (χ4v) is 3.70. The van der Waals surface area contributed by atoms with E-state index in [1.807, 2.05) is 0 Å². The van der Waals surface area contributed by atoms with Crippen molar-refractivity contribution < 1.29 is 18.8 Å². The summed E-state index contributed by atoms with van der Waals surface area (Å²) in [5.41, 5.74) is 0.119. The van der Waals surface area contributed by atoms with Crippen LogP contribution in [-0.4, -0.2) is 60.7 Å². The SMILES string of the molecule is CCCCOC(=O)C[N+]1(CCNC(=O)c2nc(Cl)ccc2Cl)CCCCC1. The Hall–Kier alpha value is -1.37. The van der Waals surface area contributed by atoms with Gasteiger partial charge in [0.15, 0.2) is 6.54 Å². The lowest BCUT2D eigenvalue weighted by Gasteiger charge is -2.40. The lowest BCUT2D eigenvalue weighted by atomic mass is 10.1. The molecule has 0 saturated carbocycles. The van der Waals surface area contributed by atoms with E-state index < -0.39 is 0 Å². The number of hydrogen-bond acceptors (Lipinski definition) is 4. The third kappa shape index (κ3) is 6.94. The van der Waals surface area contributed by atoms with Crippen molar-refractivity contribution >= 4 is 35.1 Å². The normalized spacial score (nSPS) is 16.0. The van der Waals surface area contributed by atoms with Gasteiger partial charge in [-0.05, 0) is 37.8 Å². The predicted octanol–water partition coefficient (Wildman–Crippen LogP) is 3.46. The number of pyridine rings is 1. The summed E-state index contributed by atoms with van der Waals surface area (Å²) in [4.78, 5) is 28.6. The van der Waals surface area contributed by atoms with Crippen molar-refractivity contribution in [3.63, 3.8) is 0 Å². The molecule has 1 aromatic rings. The number of aromatic nitrogens is 1. The van der Waals surface area contributed by atoms with Crippen LogP contribution in [0.25, 0.3) is 0 Å². The lowest BCUT2D eigenvalue weighted by Crippen LogP contribution is -2.57. The molecule has 8 heteroatoms. The Balaban J connectivity index is 1.91. The van der Waals surface area contributed by atoms with E-state index in [0.717, 1.165) is 38.8 Å². The number of ether oxygens (including phenoxy) is 1. The molecule has 0 unspecified atom stereocenters. The van der Waals surface area contributed by atoms with Gasteiger partial charge in [-0.15, -0.1) is 0 Å². The zero-order valence-electron chi connectivity index (χ0n) is 15.8. The summed E-state index contributed by atoms with van der Waals surface area (Å²) in [6.07, 6.45) is 5.23. The Kier molecular flexibility index (Phi) is 8.80. The minimum Gasteiger partial charge on any atom is -0.462 e. The highest BCUT2D eigenvalue weighted by atomic mass is 35.5. The van der Waals surface area contributed by atoms with Gasteiger partial charge in [-0.3, -0.25) is 4.79 Å². The minimum atomic E-state index is -0.358. The van der Waals surface area contributed by atoms with Gasteiger partial charge in [0.2, 0.25) is 0 Å². The molecule has 1 N–H and O–H groups in total. The van der Waals surface area contributed by atoms with Gasteiger partial charge in [0, 0.05) is 0 Å². The van der Waals surface area contributed by atoms with Crippen LogP contribution < -0.4 is 5.32 Å². The molecule has 0 bridgehead atoms. The molecule has 0 aliphatic carbocycles. The zero-order chi connectivity index (χ0) is 19.7. The molecule has 27 heavy (non-hydrogen) atoms. The van der Waals surface area contributed by atoms with Gasteiger partial charge in [-0.25, -0.2) is 9.78 Å². The molecule has 2 rings (SSSR count). The van der Waals surface area contributed by atoms with Crippen LogP contribution in [0.2, 0.25) is 10.2 Å². The molecular formula is C19H28Cl2N3O3+. The van der Waals surface area contributed by atoms with Crippen molar-refractivity contribution in [3.8, 4) is 0 Å². The number of esters is 1. The second kappa shape index (κ2) is 10.8. The van der Waals surface area contributed by atoms with Crippen LogP contribution in [0.4, 0.5) is 0 Å². The van der Waals surface area contributed by atoms with Crippen molar-refractivity contribution in [2.45, 2.75) is 39.0 Å². The van der Waals surface area contributed by atoms with E-state index in [9.17, 15) is 9.59 Å². The van der Waals surface area contributed by atoms with E-state index in [4.69, 9.17) is 27.9 Å². The molecule has 0 aromatic carbocycles. The third-order valence-corrected chi connectivity index (χ3v) is 5.40. The summed E-state index contributed by atoms with van der Waals surface area (Å²) in [6.45, 7) is 5.86. The number of quaternary nitrogens is 1. The number of hydrogen-bond donors (Lipinski definition) is 1. The highest BCUT2D eigenvalue weighted by Gasteiger charge is 2.33. The van der Waals surface area contributed by atoms with Gasteiger partial charge < -0.3 is 14.5 Å². The van der Waals surface area contributed by atoms with Crippen LogP contribution in [-0.2, 0) is 9.53 Å². The average Bonchev–Trinajstić information content (AvgIpc) is 2.64. The first kappa shape index (κ1) is 21.9. The highest BCUT2D eigenvalue weighted by molar-refractivity contribution is 6.34. The van der Waals surface area contributed by atoms with Gasteiger partial charge in [-0.2, -0.15) is 0 Å². The molecule has 1 fully saturated rings. The third-order valence-electron chi connectivity index (χ3n) is 4.89. The molecule has 2 heterocycles. The number of halogens is 2. The number of amides is 1. The van der Waals surface area contributed by atoms with Crippen LogP contribution in [0.1, 0.15) is 49.5 Å². The van der Waals surface area contributed by atoms with Crippen LogP contribution in [0.3, 0.4) is 0 Å². The maximum atomic E-state index is 12.3. The molecule has 0 radical (unpaired) electrons. The smallest absolute Gasteiger partial charge is 0.361 e. The number of unbranched alkanes of at least 4 members (excludes halogenated alkanes) is 1. The van der Waals surface area contributed by atoms with E-state index >= 15 is 0 Å². The maximum absolute atomic E-state index is 12.3. The summed E-state index contributed by atoms with van der Waals surface area (Å²) in [7, 11) is 0. The zero-order valence-corrected chi connectivity index (χ0v) is 17.3. The van der Waals surface area contributed by atoms with E-state index in [1.54, 1.807) is 12.1 Å². The quantitative estimate of drug-likeness (QED) is 0.289. The fourth-order valence-electron chi connectivity index (χ4n) is 3.36. The van der Waals surface area contributed by atoms with Crippen LogP contribution in [0.15, 0.2) is 12.1 Å². The molecule has 1 amide bonds. The molecule has 150 valence electrons. The number of nitrogens with zero attached hydrogens (tertiary/aromatic N) is 2. The molecule has 1 aliphatic rings. The molecule has 1 saturated heterocycles. The average molecular weight is 417 g/mol. The number of carbonyl (C=O) groups excluding carboxylic acids is 2. The Morgan fingerprint density at radius 1 is 1.22 bits per heavy atom. The lowest BCUT2D eigenvalue weighted by molar-refractivity contribution is -0.924. The maximum Gasteiger partial charge on any atom is 0.361 e. The minimum absolute atomic E-state index is 0.119. The van der Waals surface area contributed by atoms with E-state index in [2.05, 4.69) is 17.2 Å². The number of piperidine rings is 1. The molecular weight excluding hydrogens is 389 g/mol. The van der Waals surface area contributed by atoms with Crippen LogP contribution in [0, 0.1) is 0 Å². The topological polar surface area (TPSA) is 68.3 Å². The summed E-state index contributed by atoms with van der Waals surface area (Å²) < 4.78 is 6.01. The standard InChI is InChI=1S/C19H27Cl2N3O3/c1-2-3-13-27-17(25)14-24(10-5-4-6-11-24)12-9-22-19(26)18-15(20)7-8-16(21)23-18/h7-8H,2-6,9-14H2,1H3/p+1. The molecule has 0 atom stereocenters. The van der Waals surface area contributed by atoms with E-state index in [0.29, 0.717) is 30.7 Å². The Labute approximate surface area is 170 Å². The Morgan fingerprint density at radius 3 is 2.67 bits per heavy atom. The number of rotatable bonds is 9. The number of carbonyl (C=O) groups is 2. The van der Waals surface area contributed by atoms with Crippen LogP contribution in [0.5, 0.6) is 0 Å². The first-order valence-electron chi connectivity index (χ1n) is 9.57. The van der Waals surface area contributed by atoms with Crippen molar-refractivity contribution in [1.29, 1.82) is 0 Å². The number of nitrogens with one attached hydrogen (secondary N) is 1. The second-order valence-electron chi connectivity index (χ2n) is 7.03. The van der Waals surface area contributed by atoms with Crippen LogP contribution >= 0.6 is 23.2 Å². The second-order valence-corrected chi connectivity index (χ2v) is 7.82. The summed E-state index contributed by atoms with van der Waals surface area (Å²) in [5.74, 6) is -0.514. The Bertz CT molecular complexity index is 649. The van der Waals surface area contributed by atoms with E-state index in [1.165, 1.54) is 6.42 Å². The van der Waals surface area contributed by atoms with E-state index in [-0.39, 0.29) is 27.7 Å². The van der Waals surface area contributed by atoms with Gasteiger partial charge in [-0.1, -0.05) is 36.5 Å². The van der Waals surface area contributed by atoms with Gasteiger partial charge in [0.25, 0.3) is 5.91 Å². The van der Waals surface area contributed by atoms with Crippen molar-refractivity contribution in [1.82, 2.24) is 10.3 Å². The summed E-state index contributed by atoms with van der Waals surface area (Å²) in [5, 5.41) is 3.34. The summed E-state index contributed by atoms with van der Waals surface area (Å²) >= 11 is 11.9. The first-order valence-corrected chi connectivity index (χ1v) is 10.3. The fraction of sp³-hybridized carbons (Fsp3) is 0.632. The largest absolute Gasteiger partial charge is 0.462 e.